The fraction of sp³-hybridized carbons (Fsp3) is 0.533. The van der Waals surface area contributed by atoms with E-state index < -0.39 is 11.6 Å². The topological polar surface area (TPSA) is 32.3 Å². The molecule has 1 fully saturated rings. The summed E-state index contributed by atoms with van der Waals surface area (Å²) in [6.45, 7) is 5.27. The van der Waals surface area contributed by atoms with E-state index in [-0.39, 0.29) is 11.5 Å². The molecule has 0 atom stereocenters. The smallest absolute Gasteiger partial charge is 0.254 e. The van der Waals surface area contributed by atoms with Gasteiger partial charge in [0.05, 0.1) is 0 Å². The number of hydrogen-bond acceptors (Lipinski definition) is 2. The number of rotatable bonds is 4. The Morgan fingerprint density at radius 3 is 2.40 bits per heavy atom. The van der Waals surface area contributed by atoms with E-state index in [1.54, 1.807) is 4.90 Å². The monoisotopic (exact) mass is 282 g/mol. The van der Waals surface area contributed by atoms with Gasteiger partial charge in [-0.15, -0.1) is 0 Å². The average molecular weight is 282 g/mol. The quantitative estimate of drug-likeness (QED) is 0.920. The largest absolute Gasteiger partial charge is 0.339 e. The van der Waals surface area contributed by atoms with Gasteiger partial charge in [0.25, 0.3) is 5.91 Å². The SMILES string of the molecule is CCNCC1CCN(C(=O)c2cc(F)cc(F)c2)CC1. The Balaban J connectivity index is 1.94. The molecule has 0 unspecified atom stereocenters. The van der Waals surface area contributed by atoms with Crippen molar-refractivity contribution in [2.75, 3.05) is 26.2 Å². The first-order chi connectivity index (χ1) is 9.60. The van der Waals surface area contributed by atoms with Crippen molar-refractivity contribution in [1.29, 1.82) is 0 Å². The Morgan fingerprint density at radius 2 is 1.85 bits per heavy atom. The number of piperidine rings is 1. The number of benzene rings is 1. The van der Waals surface area contributed by atoms with E-state index >= 15 is 0 Å². The lowest BCUT2D eigenvalue weighted by atomic mass is 9.96. The summed E-state index contributed by atoms with van der Waals surface area (Å²) >= 11 is 0. The van der Waals surface area contributed by atoms with Crippen LogP contribution in [0.3, 0.4) is 0 Å². The van der Waals surface area contributed by atoms with Crippen LogP contribution in [0.2, 0.25) is 0 Å². The van der Waals surface area contributed by atoms with Crippen molar-refractivity contribution in [3.05, 3.63) is 35.4 Å². The number of nitrogens with one attached hydrogen (secondary N) is 1. The van der Waals surface area contributed by atoms with Crippen LogP contribution < -0.4 is 5.32 Å². The minimum atomic E-state index is -0.713. The second kappa shape index (κ2) is 6.79. The van der Waals surface area contributed by atoms with Crippen LogP contribution in [0.1, 0.15) is 30.1 Å². The summed E-state index contributed by atoms with van der Waals surface area (Å²) in [5.74, 6) is -1.14. The molecule has 1 saturated heterocycles. The van der Waals surface area contributed by atoms with Gasteiger partial charge in [-0.3, -0.25) is 4.79 Å². The molecule has 1 aliphatic rings. The van der Waals surface area contributed by atoms with E-state index in [1.807, 2.05) is 0 Å². The van der Waals surface area contributed by atoms with Crippen LogP contribution in [-0.4, -0.2) is 37.0 Å². The number of carbonyl (C=O) groups excluding carboxylic acids is 1. The summed E-state index contributed by atoms with van der Waals surface area (Å²) in [6.07, 6.45) is 1.85. The van der Waals surface area contributed by atoms with E-state index in [2.05, 4.69) is 12.2 Å². The molecule has 1 heterocycles. The number of carbonyl (C=O) groups is 1. The zero-order valence-electron chi connectivity index (χ0n) is 11.7. The summed E-state index contributed by atoms with van der Waals surface area (Å²) in [7, 11) is 0. The summed E-state index contributed by atoms with van der Waals surface area (Å²) in [6, 6.07) is 2.96. The first-order valence-corrected chi connectivity index (χ1v) is 7.06. The second-order valence-electron chi connectivity index (χ2n) is 5.20. The van der Waals surface area contributed by atoms with Gasteiger partial charge in [0, 0.05) is 24.7 Å². The zero-order valence-corrected chi connectivity index (χ0v) is 11.7. The number of hydrogen-bond donors (Lipinski definition) is 1. The maximum absolute atomic E-state index is 13.1. The van der Waals surface area contributed by atoms with E-state index in [0.717, 1.165) is 44.1 Å². The third kappa shape index (κ3) is 3.76. The van der Waals surface area contributed by atoms with Gasteiger partial charge in [0.15, 0.2) is 0 Å². The normalized spacial score (nSPS) is 16.4. The van der Waals surface area contributed by atoms with Gasteiger partial charge >= 0.3 is 0 Å². The van der Waals surface area contributed by atoms with Crippen molar-refractivity contribution in [3.63, 3.8) is 0 Å². The van der Waals surface area contributed by atoms with E-state index in [0.29, 0.717) is 19.0 Å². The summed E-state index contributed by atoms with van der Waals surface area (Å²) in [5, 5.41) is 3.31. The molecule has 20 heavy (non-hydrogen) atoms. The predicted octanol–water partition coefficient (Wildman–Crippen LogP) is 2.43. The van der Waals surface area contributed by atoms with Gasteiger partial charge in [0.1, 0.15) is 11.6 Å². The molecular weight excluding hydrogens is 262 g/mol. The summed E-state index contributed by atoms with van der Waals surface area (Å²) < 4.78 is 26.3. The number of halogens is 2. The van der Waals surface area contributed by atoms with Gasteiger partial charge in [-0.2, -0.15) is 0 Å². The molecule has 2 rings (SSSR count). The molecule has 0 radical (unpaired) electrons. The molecule has 1 amide bonds. The van der Waals surface area contributed by atoms with Crippen LogP contribution in [0, 0.1) is 17.6 Å². The highest BCUT2D eigenvalue weighted by Gasteiger charge is 2.23. The Hall–Kier alpha value is -1.49. The lowest BCUT2D eigenvalue weighted by Gasteiger charge is -2.32. The van der Waals surface area contributed by atoms with E-state index in [4.69, 9.17) is 0 Å². The molecule has 0 saturated carbocycles. The van der Waals surface area contributed by atoms with Gasteiger partial charge in [-0.05, 0) is 44.0 Å². The third-order valence-electron chi connectivity index (χ3n) is 3.69. The van der Waals surface area contributed by atoms with Crippen molar-refractivity contribution in [2.24, 2.45) is 5.92 Å². The molecule has 1 aromatic rings. The molecule has 5 heteroatoms. The van der Waals surface area contributed by atoms with Crippen LogP contribution >= 0.6 is 0 Å². The highest BCUT2D eigenvalue weighted by molar-refractivity contribution is 5.94. The number of nitrogens with zero attached hydrogens (tertiary/aromatic N) is 1. The summed E-state index contributed by atoms with van der Waals surface area (Å²) in [4.78, 5) is 13.9. The molecule has 1 aromatic carbocycles. The molecule has 0 bridgehead atoms. The Kier molecular flexibility index (Phi) is 5.06. The van der Waals surface area contributed by atoms with Crippen LogP contribution in [0.15, 0.2) is 18.2 Å². The fourth-order valence-electron chi connectivity index (χ4n) is 2.55. The lowest BCUT2D eigenvalue weighted by Crippen LogP contribution is -2.40. The number of likely N-dealkylation sites (tertiary alicyclic amines) is 1. The van der Waals surface area contributed by atoms with Crippen molar-refractivity contribution in [2.45, 2.75) is 19.8 Å². The Morgan fingerprint density at radius 1 is 1.25 bits per heavy atom. The first kappa shape index (κ1) is 14.9. The predicted molar refractivity (Wildman–Crippen MR) is 73.5 cm³/mol. The van der Waals surface area contributed by atoms with E-state index in [1.165, 1.54) is 0 Å². The van der Waals surface area contributed by atoms with Crippen molar-refractivity contribution < 1.29 is 13.6 Å². The van der Waals surface area contributed by atoms with Crippen molar-refractivity contribution >= 4 is 5.91 Å². The van der Waals surface area contributed by atoms with Gasteiger partial charge < -0.3 is 10.2 Å². The van der Waals surface area contributed by atoms with Crippen LogP contribution in [0.5, 0.6) is 0 Å². The molecule has 3 nitrogen and oxygen atoms in total. The highest BCUT2D eigenvalue weighted by atomic mass is 19.1. The maximum atomic E-state index is 13.1. The maximum Gasteiger partial charge on any atom is 0.254 e. The molecular formula is C15H20F2N2O. The van der Waals surface area contributed by atoms with E-state index in [9.17, 15) is 13.6 Å². The Labute approximate surface area is 118 Å². The van der Waals surface area contributed by atoms with Gasteiger partial charge in [-0.1, -0.05) is 6.92 Å². The van der Waals surface area contributed by atoms with Crippen LogP contribution in [0.25, 0.3) is 0 Å². The molecule has 0 aromatic heterocycles. The van der Waals surface area contributed by atoms with Crippen molar-refractivity contribution in [3.8, 4) is 0 Å². The number of amides is 1. The van der Waals surface area contributed by atoms with Gasteiger partial charge in [0.2, 0.25) is 0 Å². The summed E-state index contributed by atoms with van der Waals surface area (Å²) in [5.41, 5.74) is 0.0904. The molecule has 1 aliphatic heterocycles. The first-order valence-electron chi connectivity index (χ1n) is 7.06. The third-order valence-corrected chi connectivity index (χ3v) is 3.69. The highest BCUT2D eigenvalue weighted by Crippen LogP contribution is 2.19. The van der Waals surface area contributed by atoms with Crippen LogP contribution in [0.4, 0.5) is 8.78 Å². The minimum absolute atomic E-state index is 0.0904. The standard InChI is InChI=1S/C15H20F2N2O/c1-2-18-10-11-3-5-19(6-4-11)15(20)12-7-13(16)9-14(17)8-12/h7-9,11,18H,2-6,10H2,1H3. The Bertz CT molecular complexity index is 451. The van der Waals surface area contributed by atoms with Gasteiger partial charge in [-0.25, -0.2) is 8.78 Å². The van der Waals surface area contributed by atoms with Crippen molar-refractivity contribution in [1.82, 2.24) is 10.2 Å². The minimum Gasteiger partial charge on any atom is -0.339 e. The van der Waals surface area contributed by atoms with Crippen LogP contribution in [-0.2, 0) is 0 Å². The lowest BCUT2D eigenvalue weighted by molar-refractivity contribution is 0.0689. The molecule has 0 aliphatic carbocycles. The molecule has 1 N–H and O–H groups in total. The average Bonchev–Trinajstić information content (AvgIpc) is 2.44. The molecule has 110 valence electrons. The fourth-order valence-corrected chi connectivity index (χ4v) is 2.55. The molecule has 0 spiro atoms. The zero-order chi connectivity index (χ0) is 14.5. The second-order valence-corrected chi connectivity index (χ2v) is 5.20.